The summed E-state index contributed by atoms with van der Waals surface area (Å²) in [4.78, 5) is 30.1. The second-order valence-corrected chi connectivity index (χ2v) is 12.0. The number of thiazole rings is 1. The van der Waals surface area contributed by atoms with Gasteiger partial charge in [-0.15, -0.1) is 5.10 Å². The minimum Gasteiger partial charge on any atom is -0.463 e. The Hall–Kier alpha value is -5.96. The molecule has 15 heteroatoms. The molecule has 5 aromatic heterocycles. The van der Waals surface area contributed by atoms with Gasteiger partial charge in [-0.25, -0.2) is 14.6 Å². The predicted molar refractivity (Wildman–Crippen MR) is 177 cm³/mol. The summed E-state index contributed by atoms with van der Waals surface area (Å²) in [5.74, 6) is 1.88. The Morgan fingerprint density at radius 3 is 2.53 bits per heavy atom. The van der Waals surface area contributed by atoms with Crippen molar-refractivity contribution in [3.05, 3.63) is 83.9 Å². The first-order valence-corrected chi connectivity index (χ1v) is 15.6. The predicted octanol–water partition coefficient (Wildman–Crippen LogP) is 5.52. The molecular formula is C32H29N11O3S. The smallest absolute Gasteiger partial charge is 0.229 e. The lowest BCUT2D eigenvalue weighted by molar-refractivity contribution is -0.117. The van der Waals surface area contributed by atoms with Gasteiger partial charge in [0, 0.05) is 24.1 Å². The summed E-state index contributed by atoms with van der Waals surface area (Å²) in [6, 6.07) is 19.2. The minimum absolute atomic E-state index is 0.0363. The SMILES string of the molecule is Cc1cc(Cn2nnc3c(-c4ccco4)nc(N)nc32)ccc1N.Cc1nc(-c2sc(NC(=O)C3CC3)nc2-c2ccccc2)no1. The number of aryl methyl sites for hydroxylation is 2. The molecule has 7 aromatic rings. The van der Waals surface area contributed by atoms with E-state index in [1.165, 1.54) is 11.3 Å². The van der Waals surface area contributed by atoms with Crippen LogP contribution < -0.4 is 16.8 Å². The lowest BCUT2D eigenvalue weighted by atomic mass is 10.1. The maximum Gasteiger partial charge on any atom is 0.229 e. The van der Waals surface area contributed by atoms with Crippen molar-refractivity contribution in [2.24, 2.45) is 5.92 Å². The van der Waals surface area contributed by atoms with Gasteiger partial charge >= 0.3 is 0 Å². The number of amides is 1. The van der Waals surface area contributed by atoms with E-state index in [-0.39, 0.29) is 17.8 Å². The highest BCUT2D eigenvalue weighted by molar-refractivity contribution is 7.19. The molecule has 8 rings (SSSR count). The van der Waals surface area contributed by atoms with E-state index in [1.54, 1.807) is 30.0 Å². The van der Waals surface area contributed by atoms with Crippen LogP contribution in [0.4, 0.5) is 16.8 Å². The third-order valence-corrected chi connectivity index (χ3v) is 8.35. The van der Waals surface area contributed by atoms with Gasteiger partial charge in [0.25, 0.3) is 0 Å². The van der Waals surface area contributed by atoms with Crippen LogP contribution in [-0.4, -0.2) is 46.0 Å². The fraction of sp³-hybridized carbons (Fsp3) is 0.188. The van der Waals surface area contributed by atoms with Crippen LogP contribution in [0.25, 0.3) is 44.6 Å². The summed E-state index contributed by atoms with van der Waals surface area (Å²) in [6.45, 7) is 4.22. The summed E-state index contributed by atoms with van der Waals surface area (Å²) >= 11 is 1.37. The van der Waals surface area contributed by atoms with Gasteiger partial charge in [-0.05, 0) is 49.1 Å². The minimum atomic E-state index is 0.0363. The maximum atomic E-state index is 12.0. The number of furan rings is 1. The number of carbonyl (C=O) groups excluding carboxylic acids is 1. The molecule has 1 saturated carbocycles. The van der Waals surface area contributed by atoms with Gasteiger partial charge in [0.05, 0.1) is 18.5 Å². The topological polar surface area (TPSA) is 203 Å². The van der Waals surface area contributed by atoms with Crippen LogP contribution in [0.5, 0.6) is 0 Å². The van der Waals surface area contributed by atoms with Gasteiger partial charge < -0.3 is 25.7 Å². The Kier molecular flexibility index (Phi) is 7.87. The van der Waals surface area contributed by atoms with E-state index in [0.29, 0.717) is 46.0 Å². The lowest BCUT2D eigenvalue weighted by Crippen LogP contribution is -2.12. The van der Waals surface area contributed by atoms with Crippen molar-refractivity contribution in [1.82, 2.24) is 40.1 Å². The summed E-state index contributed by atoms with van der Waals surface area (Å²) in [7, 11) is 0. The summed E-state index contributed by atoms with van der Waals surface area (Å²) in [5, 5.41) is 15.8. The van der Waals surface area contributed by atoms with E-state index in [2.05, 4.69) is 40.7 Å². The van der Waals surface area contributed by atoms with Gasteiger partial charge in [0.1, 0.15) is 10.6 Å². The number of nitrogen functional groups attached to an aromatic ring is 2. The Morgan fingerprint density at radius 1 is 1.00 bits per heavy atom. The normalized spacial score (nSPS) is 12.6. The van der Waals surface area contributed by atoms with Gasteiger partial charge in [0.15, 0.2) is 22.1 Å². The summed E-state index contributed by atoms with van der Waals surface area (Å²) in [6.07, 6.45) is 3.49. The highest BCUT2D eigenvalue weighted by Crippen LogP contribution is 2.39. The Balaban J connectivity index is 0.000000150. The second kappa shape index (κ2) is 12.4. The number of nitrogens with zero attached hydrogens (tertiary/aromatic N) is 8. The molecule has 0 bridgehead atoms. The molecule has 2 aromatic carbocycles. The quantitative estimate of drug-likeness (QED) is 0.183. The number of fused-ring (bicyclic) bond motifs is 1. The van der Waals surface area contributed by atoms with Crippen LogP contribution in [0.15, 0.2) is 75.9 Å². The molecule has 0 radical (unpaired) electrons. The molecule has 1 aliphatic carbocycles. The highest BCUT2D eigenvalue weighted by Gasteiger charge is 2.31. The number of rotatable bonds is 7. The first-order chi connectivity index (χ1) is 22.8. The molecular weight excluding hydrogens is 618 g/mol. The third-order valence-electron chi connectivity index (χ3n) is 7.38. The number of aromatic nitrogens is 8. The van der Waals surface area contributed by atoms with Gasteiger partial charge in [0.2, 0.25) is 23.6 Å². The molecule has 14 nitrogen and oxygen atoms in total. The van der Waals surface area contributed by atoms with Crippen LogP contribution in [0.2, 0.25) is 0 Å². The number of benzene rings is 2. The Morgan fingerprint density at radius 2 is 1.83 bits per heavy atom. The van der Waals surface area contributed by atoms with E-state index < -0.39 is 0 Å². The van der Waals surface area contributed by atoms with Crippen LogP contribution in [0, 0.1) is 19.8 Å². The van der Waals surface area contributed by atoms with E-state index >= 15 is 0 Å². The van der Waals surface area contributed by atoms with Crippen molar-refractivity contribution in [2.75, 3.05) is 16.8 Å². The standard InChI is InChI=1S/C16H15N7O.C16H14N4O2S/c1-9-7-10(4-5-11(9)17)8-23-15-14(21-22-23)13(19-16(18)20-15)12-3-2-6-24-12;1-9-17-14(20-22-9)13-12(10-5-3-2-4-6-10)18-16(23-13)19-15(21)11-7-8-11/h2-7H,8,17H2,1H3,(H2,18,19,20);2-6,11H,7-8H2,1H3,(H,18,19,21). The number of hydrogen-bond donors (Lipinski definition) is 3. The van der Waals surface area contributed by atoms with Crippen LogP contribution in [-0.2, 0) is 11.3 Å². The van der Waals surface area contributed by atoms with Crippen molar-refractivity contribution >= 4 is 45.2 Å². The average molecular weight is 648 g/mol. The Labute approximate surface area is 271 Å². The molecule has 5 N–H and O–H groups in total. The lowest BCUT2D eigenvalue weighted by Gasteiger charge is -2.06. The van der Waals surface area contributed by atoms with Crippen LogP contribution in [0.3, 0.4) is 0 Å². The van der Waals surface area contributed by atoms with Gasteiger partial charge in [-0.3, -0.25) is 4.79 Å². The van der Waals surface area contributed by atoms with Crippen molar-refractivity contribution in [3.8, 4) is 33.4 Å². The first kappa shape index (κ1) is 29.7. The number of anilines is 3. The molecule has 236 valence electrons. The summed E-state index contributed by atoms with van der Waals surface area (Å²) < 4.78 is 12.2. The van der Waals surface area contributed by atoms with Gasteiger partial charge in [-0.1, -0.05) is 64.2 Å². The monoisotopic (exact) mass is 647 g/mol. The maximum absolute atomic E-state index is 12.0. The Bertz CT molecular complexity index is 2180. The van der Waals surface area contributed by atoms with E-state index in [4.69, 9.17) is 20.4 Å². The second-order valence-electron chi connectivity index (χ2n) is 11.0. The van der Waals surface area contributed by atoms with Gasteiger partial charge in [-0.2, -0.15) is 9.97 Å². The molecule has 0 unspecified atom stereocenters. The fourth-order valence-electron chi connectivity index (χ4n) is 4.83. The zero-order chi connectivity index (χ0) is 32.5. The molecule has 1 amide bonds. The number of nitrogens with two attached hydrogens (primary N) is 2. The zero-order valence-electron chi connectivity index (χ0n) is 25.4. The molecule has 0 atom stereocenters. The molecule has 1 aliphatic rings. The number of carbonyl (C=O) groups is 1. The first-order valence-electron chi connectivity index (χ1n) is 14.8. The highest BCUT2D eigenvalue weighted by atomic mass is 32.1. The molecule has 5 heterocycles. The number of hydrogen-bond acceptors (Lipinski definition) is 13. The molecule has 0 aliphatic heterocycles. The van der Waals surface area contributed by atoms with Crippen molar-refractivity contribution in [1.29, 1.82) is 0 Å². The molecule has 1 fully saturated rings. The molecule has 0 saturated heterocycles. The van der Waals surface area contributed by atoms with Crippen LogP contribution >= 0.6 is 11.3 Å². The van der Waals surface area contributed by atoms with Crippen molar-refractivity contribution < 1.29 is 13.7 Å². The van der Waals surface area contributed by atoms with E-state index in [0.717, 1.165) is 45.8 Å². The third kappa shape index (κ3) is 6.41. The number of nitrogens with one attached hydrogen (secondary N) is 1. The molecule has 0 spiro atoms. The van der Waals surface area contributed by atoms with Crippen molar-refractivity contribution in [3.63, 3.8) is 0 Å². The largest absolute Gasteiger partial charge is 0.463 e. The summed E-state index contributed by atoms with van der Waals surface area (Å²) in [5.41, 5.74) is 17.9. The van der Waals surface area contributed by atoms with Crippen molar-refractivity contribution in [2.45, 2.75) is 33.2 Å². The van der Waals surface area contributed by atoms with E-state index in [1.807, 2.05) is 55.5 Å². The fourth-order valence-corrected chi connectivity index (χ4v) is 5.75. The average Bonchev–Trinajstić information content (AvgIpc) is 3.40. The van der Waals surface area contributed by atoms with E-state index in [9.17, 15) is 4.79 Å². The van der Waals surface area contributed by atoms with Crippen LogP contribution in [0.1, 0.15) is 29.9 Å². The molecule has 47 heavy (non-hydrogen) atoms. The zero-order valence-corrected chi connectivity index (χ0v) is 26.2.